The lowest BCUT2D eigenvalue weighted by Gasteiger charge is -2.32. The van der Waals surface area contributed by atoms with Gasteiger partial charge in [-0.25, -0.2) is 9.78 Å². The van der Waals surface area contributed by atoms with Gasteiger partial charge in [-0.2, -0.15) is 0 Å². The molecule has 0 saturated carbocycles. The maximum atomic E-state index is 11.0. The molecule has 0 unspecified atom stereocenters. The molecule has 1 aliphatic rings. The van der Waals surface area contributed by atoms with Gasteiger partial charge in [-0.05, 0) is 52.3 Å². The summed E-state index contributed by atoms with van der Waals surface area (Å²) in [5.41, 5.74) is 0.673. The van der Waals surface area contributed by atoms with Gasteiger partial charge in [-0.15, -0.1) is 0 Å². The van der Waals surface area contributed by atoms with Gasteiger partial charge in [0.2, 0.25) is 0 Å². The number of aryl methyl sites for hydroxylation is 1. The second kappa shape index (κ2) is 5.28. The summed E-state index contributed by atoms with van der Waals surface area (Å²) in [5, 5.41) is 9.01. The Morgan fingerprint density at radius 3 is 2.33 bits per heavy atom. The zero-order valence-corrected chi connectivity index (χ0v) is 13.0. The number of carboxylic acids is 1. The van der Waals surface area contributed by atoms with Crippen molar-refractivity contribution in [2.75, 3.05) is 0 Å². The summed E-state index contributed by atoms with van der Waals surface area (Å²) in [7, 11) is -0.447. The summed E-state index contributed by atoms with van der Waals surface area (Å²) in [6, 6.07) is 3.34. The molecule has 0 aliphatic carbocycles. The Hall–Kier alpha value is -1.66. The van der Waals surface area contributed by atoms with E-state index in [1.54, 1.807) is 19.0 Å². The summed E-state index contributed by atoms with van der Waals surface area (Å²) >= 11 is 0. The largest absolute Gasteiger partial charge is 0.487 e. The first-order chi connectivity index (χ1) is 9.60. The summed E-state index contributed by atoms with van der Waals surface area (Å²) in [5.74, 6) is 0.751. The van der Waals surface area contributed by atoms with Gasteiger partial charge in [-0.3, -0.25) is 0 Å². The third kappa shape index (κ3) is 3.33. The zero-order valence-electron chi connectivity index (χ0n) is 13.0. The van der Waals surface area contributed by atoms with Crippen LogP contribution in [-0.4, -0.2) is 34.4 Å². The molecule has 6 heteroatoms. The number of aromatic nitrogens is 1. The van der Waals surface area contributed by atoms with Crippen molar-refractivity contribution < 1.29 is 19.2 Å². The monoisotopic (exact) mass is 289 g/mol. The van der Waals surface area contributed by atoms with Gasteiger partial charge in [-0.1, -0.05) is 12.1 Å². The van der Waals surface area contributed by atoms with Crippen LogP contribution in [0.25, 0.3) is 6.08 Å². The molecule has 1 aliphatic heterocycles. The minimum absolute atomic E-state index is 0.0311. The van der Waals surface area contributed by atoms with Gasteiger partial charge < -0.3 is 14.4 Å². The van der Waals surface area contributed by atoms with E-state index in [4.69, 9.17) is 14.4 Å². The SMILES string of the molecule is Cc1cc(/C=C/B2OC(C)(C)C(C)(C)O2)cc(C(=O)O)n1. The lowest BCUT2D eigenvalue weighted by atomic mass is 9.89. The van der Waals surface area contributed by atoms with E-state index in [-0.39, 0.29) is 16.9 Å². The first kappa shape index (κ1) is 15.7. The van der Waals surface area contributed by atoms with E-state index in [2.05, 4.69) is 4.98 Å². The lowest BCUT2D eigenvalue weighted by Crippen LogP contribution is -2.41. The average molecular weight is 289 g/mol. The molecule has 0 bridgehead atoms. The summed E-state index contributed by atoms with van der Waals surface area (Å²) in [4.78, 5) is 15.0. The summed E-state index contributed by atoms with van der Waals surface area (Å²) in [6.45, 7) is 9.71. The number of nitrogens with zero attached hydrogens (tertiary/aromatic N) is 1. The fourth-order valence-electron chi connectivity index (χ4n) is 2.06. The average Bonchev–Trinajstić information content (AvgIpc) is 2.54. The van der Waals surface area contributed by atoms with E-state index < -0.39 is 13.1 Å². The maximum absolute atomic E-state index is 11.0. The summed E-state index contributed by atoms with van der Waals surface area (Å²) in [6.07, 6.45) is 1.79. The van der Waals surface area contributed by atoms with Gasteiger partial charge in [0.05, 0.1) is 11.2 Å². The van der Waals surface area contributed by atoms with Crippen LogP contribution in [0.15, 0.2) is 18.1 Å². The second-order valence-corrected chi connectivity index (χ2v) is 6.22. The Kier molecular flexibility index (Phi) is 3.95. The Balaban J connectivity index is 2.18. The van der Waals surface area contributed by atoms with E-state index in [1.165, 1.54) is 6.07 Å². The third-order valence-corrected chi connectivity index (χ3v) is 3.91. The second-order valence-electron chi connectivity index (χ2n) is 6.22. The fraction of sp³-hybridized carbons (Fsp3) is 0.467. The number of rotatable bonds is 3. The molecule has 1 aromatic heterocycles. The Labute approximate surface area is 125 Å². The molecule has 112 valence electrons. The highest BCUT2D eigenvalue weighted by Crippen LogP contribution is 2.37. The van der Waals surface area contributed by atoms with Crippen LogP contribution in [0.4, 0.5) is 0 Å². The van der Waals surface area contributed by atoms with E-state index >= 15 is 0 Å². The standard InChI is InChI=1S/C15H20BNO4/c1-10-8-11(9-12(17-10)13(18)19)6-7-16-20-14(2,3)15(4,5)21-16/h6-9H,1-5H3,(H,18,19)/b7-6+. The molecule has 5 nitrogen and oxygen atoms in total. The van der Waals surface area contributed by atoms with E-state index in [1.807, 2.05) is 33.8 Å². The number of hydrogen-bond donors (Lipinski definition) is 1. The minimum atomic E-state index is -1.04. The molecule has 1 saturated heterocycles. The first-order valence-corrected chi connectivity index (χ1v) is 6.86. The number of hydrogen-bond acceptors (Lipinski definition) is 4. The van der Waals surface area contributed by atoms with Crippen molar-refractivity contribution in [3.05, 3.63) is 35.1 Å². The molecule has 0 spiro atoms. The van der Waals surface area contributed by atoms with Crippen LogP contribution in [0.5, 0.6) is 0 Å². The molecule has 21 heavy (non-hydrogen) atoms. The van der Waals surface area contributed by atoms with E-state index in [0.29, 0.717) is 5.69 Å². The molecular formula is C15H20BNO4. The molecular weight excluding hydrogens is 269 g/mol. The highest BCUT2D eigenvalue weighted by molar-refractivity contribution is 6.52. The van der Waals surface area contributed by atoms with Crippen LogP contribution in [0.2, 0.25) is 0 Å². The molecule has 0 radical (unpaired) electrons. The Morgan fingerprint density at radius 2 is 1.81 bits per heavy atom. The molecule has 0 atom stereocenters. The quantitative estimate of drug-likeness (QED) is 0.866. The van der Waals surface area contributed by atoms with Crippen LogP contribution in [0.3, 0.4) is 0 Å². The molecule has 0 amide bonds. The Bertz CT molecular complexity index is 579. The van der Waals surface area contributed by atoms with Crippen molar-refractivity contribution in [2.24, 2.45) is 0 Å². The normalized spacial score (nSPS) is 20.1. The minimum Gasteiger partial charge on any atom is -0.477 e. The van der Waals surface area contributed by atoms with Crippen molar-refractivity contribution in [1.29, 1.82) is 0 Å². The van der Waals surface area contributed by atoms with E-state index in [0.717, 1.165) is 5.56 Å². The van der Waals surface area contributed by atoms with Crippen LogP contribution in [0, 0.1) is 6.92 Å². The molecule has 0 aromatic carbocycles. The maximum Gasteiger partial charge on any atom is 0.487 e. The van der Waals surface area contributed by atoms with Crippen molar-refractivity contribution in [3.8, 4) is 0 Å². The number of pyridine rings is 1. The Morgan fingerprint density at radius 1 is 1.24 bits per heavy atom. The number of carbonyl (C=O) groups is 1. The molecule has 1 aromatic rings. The number of aromatic carboxylic acids is 1. The third-order valence-electron chi connectivity index (χ3n) is 3.91. The van der Waals surface area contributed by atoms with Crippen LogP contribution >= 0.6 is 0 Å². The predicted molar refractivity (Wildman–Crippen MR) is 81.0 cm³/mol. The zero-order chi connectivity index (χ0) is 15.8. The van der Waals surface area contributed by atoms with E-state index in [9.17, 15) is 4.79 Å². The highest BCUT2D eigenvalue weighted by Gasteiger charge is 2.49. The van der Waals surface area contributed by atoms with Crippen LogP contribution in [-0.2, 0) is 9.31 Å². The molecule has 2 rings (SSSR count). The van der Waals surface area contributed by atoms with Crippen LogP contribution in [0.1, 0.15) is 49.4 Å². The van der Waals surface area contributed by atoms with Crippen molar-refractivity contribution in [1.82, 2.24) is 4.98 Å². The molecule has 1 N–H and O–H groups in total. The smallest absolute Gasteiger partial charge is 0.477 e. The van der Waals surface area contributed by atoms with Gasteiger partial charge in [0.25, 0.3) is 0 Å². The van der Waals surface area contributed by atoms with Crippen molar-refractivity contribution in [3.63, 3.8) is 0 Å². The van der Waals surface area contributed by atoms with Crippen LogP contribution < -0.4 is 0 Å². The van der Waals surface area contributed by atoms with Crippen molar-refractivity contribution >= 4 is 19.2 Å². The van der Waals surface area contributed by atoms with Gasteiger partial charge in [0.1, 0.15) is 5.69 Å². The topological polar surface area (TPSA) is 68.7 Å². The number of carboxylic acid groups (broad SMARTS) is 1. The molecule has 1 fully saturated rings. The lowest BCUT2D eigenvalue weighted by molar-refractivity contribution is 0.00578. The van der Waals surface area contributed by atoms with Gasteiger partial charge >= 0.3 is 13.1 Å². The summed E-state index contributed by atoms with van der Waals surface area (Å²) < 4.78 is 11.7. The molecule has 2 heterocycles. The van der Waals surface area contributed by atoms with Gasteiger partial charge in [0.15, 0.2) is 0 Å². The fourth-order valence-corrected chi connectivity index (χ4v) is 2.06. The predicted octanol–water partition coefficient (Wildman–Crippen LogP) is 2.73. The van der Waals surface area contributed by atoms with Gasteiger partial charge in [0, 0.05) is 5.69 Å². The highest BCUT2D eigenvalue weighted by atomic mass is 16.7. The first-order valence-electron chi connectivity index (χ1n) is 6.86. The van der Waals surface area contributed by atoms with Crippen molar-refractivity contribution in [2.45, 2.75) is 45.8 Å².